The number of carboxylic acid groups (broad SMARTS) is 1. The fourth-order valence-corrected chi connectivity index (χ4v) is 3.15. The minimum absolute atomic E-state index is 0.00105. The number of carbonyl (C=O) groups excluding carboxylic acids is 1. The zero-order valence-corrected chi connectivity index (χ0v) is 14.7. The van der Waals surface area contributed by atoms with Crippen LogP contribution in [0, 0.1) is 0 Å². The molecule has 0 saturated heterocycles. The molecule has 8 heteroatoms. The lowest BCUT2D eigenvalue weighted by atomic mass is 9.86. The van der Waals surface area contributed by atoms with Crippen LogP contribution in [0.5, 0.6) is 0 Å². The highest BCUT2D eigenvalue weighted by Crippen LogP contribution is 2.38. The summed E-state index contributed by atoms with van der Waals surface area (Å²) in [6.07, 6.45) is 5.79. The molecule has 0 bridgehead atoms. The number of ketones is 1. The molecule has 1 aliphatic rings. The highest BCUT2D eigenvalue weighted by molar-refractivity contribution is 6.45. The van der Waals surface area contributed by atoms with Crippen LogP contribution in [0.15, 0.2) is 47.6 Å². The van der Waals surface area contributed by atoms with Crippen molar-refractivity contribution in [1.29, 1.82) is 0 Å². The third kappa shape index (κ3) is 3.06. The third-order valence-corrected chi connectivity index (χ3v) is 4.71. The van der Waals surface area contributed by atoms with Gasteiger partial charge in [0.15, 0.2) is 5.54 Å². The molecule has 1 N–H and O–H groups in total. The zero-order valence-electron chi connectivity index (χ0n) is 12.4. The van der Waals surface area contributed by atoms with Crippen LogP contribution in [0.3, 0.4) is 0 Å². The minimum atomic E-state index is -1.45. The first-order valence-electron chi connectivity index (χ1n) is 6.97. The Hall–Kier alpha value is -2.21. The van der Waals surface area contributed by atoms with Gasteiger partial charge in [-0.25, -0.2) is 4.79 Å². The molecule has 0 fully saturated rings. The second-order valence-electron chi connectivity index (χ2n) is 5.22. The van der Waals surface area contributed by atoms with Crippen LogP contribution in [-0.4, -0.2) is 28.1 Å². The Kier molecular flexibility index (Phi) is 4.64. The molecule has 0 spiro atoms. The van der Waals surface area contributed by atoms with Crippen molar-refractivity contribution in [2.24, 2.45) is 4.99 Å². The van der Waals surface area contributed by atoms with Crippen LogP contribution in [0.4, 0.5) is 0 Å². The second-order valence-corrected chi connectivity index (χ2v) is 6.44. The normalized spacial score (nSPS) is 18.5. The van der Waals surface area contributed by atoms with Crippen molar-refractivity contribution in [3.8, 4) is 0 Å². The number of aromatic carboxylic acids is 1. The lowest BCUT2D eigenvalue weighted by Gasteiger charge is -2.23. The standard InChI is InChI=1S/C17H9Cl3N2O3/c18-10-6-11(14(20)12(19)7-10)15(23)17(4-1-5-22-17)13-3-2-9(8-21-13)16(24)25/h1-8H,(H,24,25). The average molecular weight is 396 g/mol. The number of pyridine rings is 1. The van der Waals surface area contributed by atoms with E-state index in [9.17, 15) is 9.59 Å². The average Bonchev–Trinajstić information content (AvgIpc) is 3.08. The monoisotopic (exact) mass is 394 g/mol. The van der Waals surface area contributed by atoms with Crippen molar-refractivity contribution in [2.75, 3.05) is 0 Å². The molecule has 0 radical (unpaired) electrons. The summed E-state index contributed by atoms with van der Waals surface area (Å²) in [5, 5.41) is 9.46. The molecule has 1 aromatic carbocycles. The number of carboxylic acids is 1. The Bertz CT molecular complexity index is 925. The topological polar surface area (TPSA) is 79.6 Å². The van der Waals surface area contributed by atoms with E-state index < -0.39 is 17.3 Å². The Morgan fingerprint density at radius 2 is 1.88 bits per heavy atom. The van der Waals surface area contributed by atoms with Gasteiger partial charge >= 0.3 is 5.97 Å². The summed E-state index contributed by atoms with van der Waals surface area (Å²) in [7, 11) is 0. The van der Waals surface area contributed by atoms with Crippen molar-refractivity contribution in [3.63, 3.8) is 0 Å². The molecular formula is C17H9Cl3N2O3. The van der Waals surface area contributed by atoms with E-state index in [4.69, 9.17) is 39.9 Å². The molecule has 1 aromatic heterocycles. The predicted octanol–water partition coefficient (Wildman–Crippen LogP) is 4.46. The van der Waals surface area contributed by atoms with Gasteiger partial charge in [-0.1, -0.05) is 34.8 Å². The molecule has 25 heavy (non-hydrogen) atoms. The van der Waals surface area contributed by atoms with Gasteiger partial charge in [0.2, 0.25) is 5.78 Å². The van der Waals surface area contributed by atoms with Gasteiger partial charge in [0, 0.05) is 23.0 Å². The van der Waals surface area contributed by atoms with Gasteiger partial charge in [-0.3, -0.25) is 14.8 Å². The van der Waals surface area contributed by atoms with E-state index in [1.807, 2.05) is 0 Å². The molecule has 2 aromatic rings. The molecule has 0 amide bonds. The van der Waals surface area contributed by atoms with E-state index in [0.717, 1.165) is 0 Å². The van der Waals surface area contributed by atoms with Gasteiger partial charge < -0.3 is 5.11 Å². The molecule has 0 saturated carbocycles. The Labute approximate surface area is 157 Å². The van der Waals surface area contributed by atoms with Gasteiger partial charge in [-0.15, -0.1) is 0 Å². The second kappa shape index (κ2) is 6.59. The maximum Gasteiger partial charge on any atom is 0.337 e. The quantitative estimate of drug-likeness (QED) is 0.612. The van der Waals surface area contributed by atoms with Crippen LogP contribution in [0.25, 0.3) is 0 Å². The van der Waals surface area contributed by atoms with Crippen LogP contribution in [0.1, 0.15) is 26.4 Å². The van der Waals surface area contributed by atoms with Crippen molar-refractivity contribution in [2.45, 2.75) is 5.54 Å². The van der Waals surface area contributed by atoms with Crippen LogP contribution in [-0.2, 0) is 5.54 Å². The summed E-state index contributed by atoms with van der Waals surface area (Å²) in [5.74, 6) is -1.59. The van der Waals surface area contributed by atoms with Crippen LogP contribution >= 0.6 is 34.8 Å². The molecular weight excluding hydrogens is 387 g/mol. The fraction of sp³-hybridized carbons (Fsp3) is 0.0588. The van der Waals surface area contributed by atoms with Crippen molar-refractivity contribution in [1.82, 2.24) is 4.98 Å². The predicted molar refractivity (Wildman–Crippen MR) is 96.3 cm³/mol. The SMILES string of the molecule is O=C(O)c1ccc(C2(C(=O)c3cc(Cl)cc(Cl)c3Cl)C=CC=N2)nc1. The largest absolute Gasteiger partial charge is 0.478 e. The number of aliphatic imine (C=N–C) groups is 1. The molecule has 3 rings (SSSR count). The number of nitrogens with zero attached hydrogens (tertiary/aromatic N) is 2. The van der Waals surface area contributed by atoms with E-state index in [2.05, 4.69) is 9.98 Å². The van der Waals surface area contributed by atoms with Gasteiger partial charge in [0.1, 0.15) is 0 Å². The first-order chi connectivity index (χ1) is 11.8. The van der Waals surface area contributed by atoms with E-state index >= 15 is 0 Å². The highest BCUT2D eigenvalue weighted by atomic mass is 35.5. The molecule has 2 heterocycles. The lowest BCUT2D eigenvalue weighted by Crippen LogP contribution is -2.32. The first kappa shape index (κ1) is 17.6. The van der Waals surface area contributed by atoms with Crippen molar-refractivity contribution >= 4 is 52.8 Å². The van der Waals surface area contributed by atoms with E-state index in [0.29, 0.717) is 0 Å². The van der Waals surface area contributed by atoms with E-state index in [1.54, 1.807) is 12.2 Å². The molecule has 1 aliphatic heterocycles. The summed E-state index contributed by atoms with van der Waals surface area (Å²) >= 11 is 18.2. The summed E-state index contributed by atoms with van der Waals surface area (Å²) in [6.45, 7) is 0. The van der Waals surface area contributed by atoms with Gasteiger partial charge in [-0.05, 0) is 36.4 Å². The third-order valence-electron chi connectivity index (χ3n) is 3.69. The Morgan fingerprint density at radius 3 is 2.44 bits per heavy atom. The molecule has 1 atom stereocenters. The number of hydrogen-bond donors (Lipinski definition) is 1. The van der Waals surface area contributed by atoms with Crippen molar-refractivity contribution in [3.05, 3.63) is 74.5 Å². The summed E-state index contributed by atoms with van der Waals surface area (Å²) in [6, 6.07) is 5.64. The highest BCUT2D eigenvalue weighted by Gasteiger charge is 2.42. The van der Waals surface area contributed by atoms with Gasteiger partial charge in [-0.2, -0.15) is 0 Å². The van der Waals surface area contributed by atoms with Crippen molar-refractivity contribution < 1.29 is 14.7 Å². The summed E-state index contributed by atoms with van der Waals surface area (Å²) in [5.41, 5.74) is -1.08. The molecule has 0 aliphatic carbocycles. The number of benzene rings is 1. The Balaban J connectivity index is 2.13. The van der Waals surface area contributed by atoms with Gasteiger partial charge in [0.05, 0.1) is 21.3 Å². The minimum Gasteiger partial charge on any atom is -0.478 e. The number of carbonyl (C=O) groups is 2. The first-order valence-corrected chi connectivity index (χ1v) is 8.11. The van der Waals surface area contributed by atoms with Gasteiger partial charge in [0.25, 0.3) is 0 Å². The van der Waals surface area contributed by atoms with Crippen LogP contribution in [0.2, 0.25) is 15.1 Å². The maximum absolute atomic E-state index is 13.2. The van der Waals surface area contributed by atoms with E-state index in [1.165, 1.54) is 36.7 Å². The maximum atomic E-state index is 13.2. The summed E-state index contributed by atoms with van der Waals surface area (Å²) in [4.78, 5) is 32.5. The lowest BCUT2D eigenvalue weighted by molar-refractivity contribution is 0.0696. The fourth-order valence-electron chi connectivity index (χ4n) is 2.46. The molecule has 126 valence electrons. The number of Topliss-reactive ketones (excluding diaryl/α,β-unsaturated/α-hetero) is 1. The number of aromatic nitrogens is 1. The van der Waals surface area contributed by atoms with E-state index in [-0.39, 0.29) is 31.9 Å². The zero-order chi connectivity index (χ0) is 18.2. The number of halogens is 3. The van der Waals surface area contributed by atoms with Crippen LogP contribution < -0.4 is 0 Å². The number of rotatable bonds is 4. The Morgan fingerprint density at radius 1 is 1.12 bits per heavy atom. The molecule has 1 unspecified atom stereocenters. The molecule has 5 nitrogen and oxygen atoms in total. The number of hydrogen-bond acceptors (Lipinski definition) is 4. The smallest absolute Gasteiger partial charge is 0.337 e. The number of allylic oxidation sites excluding steroid dienone is 1. The summed E-state index contributed by atoms with van der Waals surface area (Å²) < 4.78 is 0.